The van der Waals surface area contributed by atoms with Gasteiger partial charge in [-0.05, 0) is 155 Å². The number of aromatic amines is 2. The number of H-pyrrole nitrogens is 2. The summed E-state index contributed by atoms with van der Waals surface area (Å²) in [5.74, 6) is -8.73. The molecule has 25 nitrogen and oxygen atoms in total. The minimum absolute atomic E-state index is 0.0179. The van der Waals surface area contributed by atoms with Crippen molar-refractivity contribution in [2.75, 3.05) is 38.2 Å². The molecule has 3 aliphatic heterocycles. The van der Waals surface area contributed by atoms with Gasteiger partial charge in [-0.15, -0.1) is 0 Å². The van der Waals surface area contributed by atoms with Crippen LogP contribution in [0.1, 0.15) is 100.0 Å². The largest absolute Gasteiger partial charge is 0.497 e. The number of nitrogens with zero attached hydrogens (tertiary/aromatic N) is 2. The van der Waals surface area contributed by atoms with Gasteiger partial charge in [-0.25, -0.2) is 13.2 Å². The van der Waals surface area contributed by atoms with Crippen LogP contribution in [0.2, 0.25) is 0 Å². The molecule has 30 heteroatoms. The van der Waals surface area contributed by atoms with E-state index in [4.69, 9.17) is 16.2 Å². The lowest BCUT2D eigenvalue weighted by Gasteiger charge is -2.37. The quantitative estimate of drug-likeness (QED) is 0.0737. The average molecular weight is 1420 g/mol. The molecular weight excluding hydrogens is 1340 g/mol. The summed E-state index contributed by atoms with van der Waals surface area (Å²) in [6.07, 6.45) is 2.29. The summed E-state index contributed by atoms with van der Waals surface area (Å²) in [5, 5.41) is 31.1. The highest BCUT2D eigenvalue weighted by molar-refractivity contribution is 7.98. The van der Waals surface area contributed by atoms with Gasteiger partial charge in [0.05, 0.1) is 13.2 Å². The number of thioether (sulfide) groups is 2. The number of nitrogens with one attached hydrogen (secondary N) is 9. The summed E-state index contributed by atoms with van der Waals surface area (Å²) in [5.41, 5.74) is 13.3. The molecule has 2 aromatic heterocycles. The van der Waals surface area contributed by atoms with E-state index < -0.39 is 137 Å². The number of aromatic nitrogens is 2. The highest BCUT2D eigenvalue weighted by Crippen LogP contribution is 2.32. The first-order chi connectivity index (χ1) is 47.8. The number of amides is 10. The van der Waals surface area contributed by atoms with Crippen LogP contribution < -0.4 is 53.4 Å². The molecule has 9 rings (SSSR count). The van der Waals surface area contributed by atoms with Crippen molar-refractivity contribution < 1.29 is 71.0 Å². The lowest BCUT2D eigenvalue weighted by molar-refractivity contribution is -0.147. The number of rotatable bonds is 13. The predicted octanol–water partition coefficient (Wildman–Crippen LogP) is 3.45. The van der Waals surface area contributed by atoms with E-state index in [1.165, 1.54) is 116 Å². The van der Waals surface area contributed by atoms with Crippen molar-refractivity contribution in [1.82, 2.24) is 57.0 Å². The third-order valence-corrected chi connectivity index (χ3v) is 20.6. The molecule has 2 bridgehead atoms. The lowest BCUT2D eigenvalue weighted by atomic mass is 9.95. The molecule has 3 aliphatic rings. The van der Waals surface area contributed by atoms with Crippen molar-refractivity contribution >= 4 is 104 Å². The summed E-state index contributed by atoms with van der Waals surface area (Å²) in [4.78, 5) is 154. The number of unbranched alkanes of at least 4 members (excludes halogenated alkanes) is 1. The molecule has 0 unspecified atom stereocenters. The minimum Gasteiger partial charge on any atom is -0.497 e. The van der Waals surface area contributed by atoms with Gasteiger partial charge in [-0.1, -0.05) is 24.3 Å². The van der Waals surface area contributed by atoms with Crippen LogP contribution in [0.4, 0.5) is 13.2 Å². The number of aliphatic hydroxyl groups excluding tert-OH is 1. The summed E-state index contributed by atoms with van der Waals surface area (Å²) in [6, 6.07) is 7.58. The fourth-order valence-electron chi connectivity index (χ4n) is 12.8. The van der Waals surface area contributed by atoms with E-state index in [0.29, 0.717) is 74.6 Å². The molecule has 0 spiro atoms. The van der Waals surface area contributed by atoms with Gasteiger partial charge in [-0.2, -0.15) is 23.5 Å². The van der Waals surface area contributed by atoms with Crippen molar-refractivity contribution in [3.05, 3.63) is 137 Å². The standard InChI is InChI=1S/C70H86F3N13O12S2/c1-38-62(90)80-54(29-42-33-76-51-19-14-45(71)31-48(42)51)64(92)81-56(30-43-34-77-52-20-15-46(72)32-49(43)52)67(95)85-24-7-10-58(85)65(93)84-60(39(2)87)66(94)82-55(28-40-11-16-47(98-4)17-12-40)68(96)86-25-8-22-70(86,3)69(97)83-57(61(75)89)37-100-35-41-13-18-50(73)44(27-41)36-99-26-21-59(88)79-53(63(91)78-38)9-5-6-23-74/h11-20,27,31-34,38-39,53-58,60,76-77,87H,5-10,21-26,28-30,35-37,74H2,1-4H3,(H2,75,89)(H,78,91)(H,79,88)(H,80,90)(H,81,92)(H,82,94)(H,83,97)(H,84,93)/t38-,39-,53+,54+,55+,56+,57+,58+,60+,70+/m1/s1. The number of ether oxygens (including phenoxy) is 1. The Morgan fingerprint density at radius 3 is 1.98 bits per heavy atom. The Kier molecular flexibility index (Phi) is 25.7. The summed E-state index contributed by atoms with van der Waals surface area (Å²) < 4.78 is 50.6. The average Bonchev–Trinajstić information content (AvgIpc) is 1.62. The molecule has 2 fully saturated rings. The van der Waals surface area contributed by atoms with Crippen molar-refractivity contribution in [3.63, 3.8) is 0 Å². The van der Waals surface area contributed by atoms with Gasteiger partial charge < -0.3 is 78.3 Å². The van der Waals surface area contributed by atoms with Crippen LogP contribution in [0.15, 0.2) is 91.3 Å². The van der Waals surface area contributed by atoms with E-state index in [-0.39, 0.29) is 94.0 Å². The van der Waals surface area contributed by atoms with Gasteiger partial charge in [0.2, 0.25) is 59.1 Å². The van der Waals surface area contributed by atoms with E-state index in [2.05, 4.69) is 47.2 Å². The fraction of sp³-hybridized carbons (Fsp3) is 0.457. The number of carbonyl (C=O) groups is 10. The highest BCUT2D eigenvalue weighted by atomic mass is 32.2. The number of aliphatic hydroxyl groups is 1. The van der Waals surface area contributed by atoms with E-state index in [0.717, 1.165) is 0 Å². The van der Waals surface area contributed by atoms with Crippen LogP contribution in [-0.2, 0) is 78.7 Å². The predicted molar refractivity (Wildman–Crippen MR) is 371 cm³/mol. The first-order valence-corrected chi connectivity index (χ1v) is 35.6. The maximum Gasteiger partial charge on any atom is 0.246 e. The molecule has 5 heterocycles. The number of halogens is 3. The molecule has 4 aromatic carbocycles. The molecule has 10 amide bonds. The molecule has 2 saturated heterocycles. The number of methoxy groups -OCH3 is 1. The minimum atomic E-state index is -1.77. The van der Waals surface area contributed by atoms with E-state index in [1.807, 2.05) is 0 Å². The summed E-state index contributed by atoms with van der Waals surface area (Å²) in [6.45, 7) is 4.40. The third-order valence-electron chi connectivity index (χ3n) is 18.5. The maximum atomic E-state index is 15.4. The van der Waals surface area contributed by atoms with Crippen LogP contribution in [0.3, 0.4) is 0 Å². The normalized spacial score (nSPS) is 24.6. The van der Waals surface area contributed by atoms with Crippen molar-refractivity contribution in [2.45, 2.75) is 163 Å². The monoisotopic (exact) mass is 1420 g/mol. The molecule has 0 radical (unpaired) electrons. The first-order valence-electron chi connectivity index (χ1n) is 33.3. The molecule has 536 valence electrons. The second kappa shape index (κ2) is 34.3. The summed E-state index contributed by atoms with van der Waals surface area (Å²) in [7, 11) is 1.47. The Bertz CT molecular complexity index is 3990. The zero-order chi connectivity index (χ0) is 71.9. The number of fused-ring (bicyclic) bond motifs is 6. The molecular formula is C70H86F3N13O12S2. The second-order valence-electron chi connectivity index (χ2n) is 25.7. The summed E-state index contributed by atoms with van der Waals surface area (Å²) >= 11 is 2.50. The zero-order valence-corrected chi connectivity index (χ0v) is 57.7. The number of primary amides is 1. The first kappa shape index (κ1) is 75.1. The smallest absolute Gasteiger partial charge is 0.246 e. The third kappa shape index (κ3) is 18.8. The molecule has 6 aromatic rings. The Morgan fingerprint density at radius 1 is 0.690 bits per heavy atom. The van der Waals surface area contributed by atoms with Gasteiger partial charge in [-0.3, -0.25) is 47.9 Å². The van der Waals surface area contributed by atoms with Gasteiger partial charge in [0.1, 0.15) is 77.1 Å². The Morgan fingerprint density at radius 2 is 1.33 bits per heavy atom. The van der Waals surface area contributed by atoms with Crippen LogP contribution in [0.25, 0.3) is 21.8 Å². The Balaban J connectivity index is 1.05. The molecule has 0 aliphatic carbocycles. The van der Waals surface area contributed by atoms with E-state index >= 15 is 18.8 Å². The number of carbonyl (C=O) groups excluding carboxylic acids is 10. The molecule has 10 atom stereocenters. The zero-order valence-electron chi connectivity index (χ0n) is 56.0. The molecule has 14 N–H and O–H groups in total. The number of hydrogen-bond acceptors (Lipinski definition) is 15. The van der Waals surface area contributed by atoms with Gasteiger partial charge in [0.25, 0.3) is 0 Å². The van der Waals surface area contributed by atoms with Gasteiger partial charge in [0, 0.05) is 96.0 Å². The Hall–Kier alpha value is -9.13. The SMILES string of the molecule is COc1ccc(C[C@@H]2NC(=O)[C@H]([C@@H](C)O)NC(=O)[C@@H]3CCCN3C(=O)[C@H](Cc3c[nH]c4ccc(F)cc34)NC(=O)[C@H](Cc3c[nH]c4ccc(F)cc34)NC(=O)[C@@H](C)NC(=O)[C@H](CCCCN)NC(=O)CCSCc3cc(ccc3F)CSC[C@@H](C(N)=O)NC(=O)[C@]3(C)CCCN3C2=O)cc1. The number of nitrogens with two attached hydrogens (primary N) is 2. The highest BCUT2D eigenvalue weighted by Gasteiger charge is 2.49. The van der Waals surface area contributed by atoms with E-state index in [1.54, 1.807) is 36.4 Å². The van der Waals surface area contributed by atoms with Crippen LogP contribution in [0.5, 0.6) is 5.75 Å². The topological polar surface area (TPSA) is 374 Å². The number of hydrogen-bond donors (Lipinski definition) is 12. The van der Waals surface area contributed by atoms with E-state index in [9.17, 15) is 47.4 Å². The second-order valence-corrected chi connectivity index (χ2v) is 27.9. The fourth-order valence-corrected chi connectivity index (χ4v) is 14.7. The van der Waals surface area contributed by atoms with Gasteiger partial charge in [0.15, 0.2) is 0 Å². The van der Waals surface area contributed by atoms with Crippen molar-refractivity contribution in [2.24, 2.45) is 11.5 Å². The van der Waals surface area contributed by atoms with Crippen molar-refractivity contribution in [3.8, 4) is 5.75 Å². The number of benzene rings is 4. The molecule has 0 saturated carbocycles. The van der Waals surface area contributed by atoms with Crippen LogP contribution >= 0.6 is 23.5 Å². The van der Waals surface area contributed by atoms with Gasteiger partial charge >= 0.3 is 0 Å². The lowest BCUT2D eigenvalue weighted by Crippen LogP contribution is -2.64. The van der Waals surface area contributed by atoms with Crippen molar-refractivity contribution in [1.29, 1.82) is 0 Å². The Labute approximate surface area is 584 Å². The molecule has 100 heavy (non-hydrogen) atoms. The van der Waals surface area contributed by atoms with Crippen LogP contribution in [-0.4, -0.2) is 182 Å². The maximum absolute atomic E-state index is 15.4. The van der Waals surface area contributed by atoms with Crippen LogP contribution in [0, 0.1) is 17.5 Å².